The van der Waals surface area contributed by atoms with Gasteiger partial charge in [-0.3, -0.25) is 0 Å². The minimum absolute atomic E-state index is 0.0981. The van der Waals surface area contributed by atoms with Gasteiger partial charge in [0.15, 0.2) is 0 Å². The molecule has 0 radical (unpaired) electrons. The number of hydrogen-bond donors (Lipinski definition) is 0. The molecule has 0 aromatic heterocycles. The number of esters is 1. The summed E-state index contributed by atoms with van der Waals surface area (Å²) in [5.74, 6) is 0.377. The quantitative estimate of drug-likeness (QED) is 0.437. The zero-order chi connectivity index (χ0) is 21.3. The van der Waals surface area contributed by atoms with Crippen molar-refractivity contribution in [3.8, 4) is 0 Å². The van der Waals surface area contributed by atoms with Gasteiger partial charge in [-0.05, 0) is 23.3 Å². The summed E-state index contributed by atoms with van der Waals surface area (Å²) in [6.07, 6.45) is -0.541. The molecule has 0 aliphatic carbocycles. The van der Waals surface area contributed by atoms with Crippen molar-refractivity contribution < 1.29 is 19.0 Å². The molecular formula is C26H26O4S. The Bertz CT molecular complexity index is 933. The molecule has 0 N–H and O–H groups in total. The van der Waals surface area contributed by atoms with E-state index in [4.69, 9.17) is 14.2 Å². The fourth-order valence-electron chi connectivity index (χ4n) is 3.52. The van der Waals surface area contributed by atoms with E-state index in [-0.39, 0.29) is 23.4 Å². The molecule has 1 heterocycles. The predicted molar refractivity (Wildman–Crippen MR) is 123 cm³/mol. The molecule has 5 heteroatoms. The summed E-state index contributed by atoms with van der Waals surface area (Å²) >= 11 is 1.74. The Hall–Kier alpha value is -2.60. The Morgan fingerprint density at radius 2 is 1.39 bits per heavy atom. The van der Waals surface area contributed by atoms with Gasteiger partial charge in [0, 0.05) is 5.75 Å². The molecule has 1 saturated heterocycles. The summed E-state index contributed by atoms with van der Waals surface area (Å²) in [7, 11) is 0. The second-order valence-corrected chi connectivity index (χ2v) is 8.72. The molecule has 3 aromatic rings. The van der Waals surface area contributed by atoms with E-state index in [0.29, 0.717) is 31.1 Å². The number of hydrogen-bond acceptors (Lipinski definition) is 5. The van der Waals surface area contributed by atoms with Gasteiger partial charge in [-0.2, -0.15) is 0 Å². The van der Waals surface area contributed by atoms with Crippen LogP contribution in [0.2, 0.25) is 0 Å². The van der Waals surface area contributed by atoms with Crippen LogP contribution in [0.25, 0.3) is 0 Å². The van der Waals surface area contributed by atoms with Crippen molar-refractivity contribution >= 4 is 17.7 Å². The molecule has 160 valence electrons. The fraction of sp³-hybridized carbons (Fsp3) is 0.269. The monoisotopic (exact) mass is 434 g/mol. The SMILES string of the molecule is O=C(O[C@@H]1CS[C@@H](COCc2ccccc2)[C@@H]1OCc1ccccc1)c1ccccc1. The van der Waals surface area contributed by atoms with Crippen molar-refractivity contribution in [3.63, 3.8) is 0 Å². The molecule has 0 saturated carbocycles. The number of ether oxygens (including phenoxy) is 3. The average Bonchev–Trinajstić information content (AvgIpc) is 3.20. The summed E-state index contributed by atoms with van der Waals surface area (Å²) in [5, 5.41) is 0.0981. The minimum Gasteiger partial charge on any atom is -0.455 e. The molecule has 0 unspecified atom stereocenters. The van der Waals surface area contributed by atoms with Gasteiger partial charge in [-0.15, -0.1) is 11.8 Å². The first-order chi connectivity index (χ1) is 15.3. The Morgan fingerprint density at radius 3 is 2.03 bits per heavy atom. The van der Waals surface area contributed by atoms with Crippen molar-refractivity contribution in [3.05, 3.63) is 108 Å². The molecule has 0 bridgehead atoms. The van der Waals surface area contributed by atoms with Gasteiger partial charge in [0.05, 0.1) is 30.6 Å². The van der Waals surface area contributed by atoms with Gasteiger partial charge < -0.3 is 14.2 Å². The number of thioether (sulfide) groups is 1. The van der Waals surface area contributed by atoms with Crippen LogP contribution in [-0.2, 0) is 27.4 Å². The highest BCUT2D eigenvalue weighted by Crippen LogP contribution is 2.33. The van der Waals surface area contributed by atoms with Crippen molar-refractivity contribution in [1.29, 1.82) is 0 Å². The minimum atomic E-state index is -0.314. The van der Waals surface area contributed by atoms with Crippen LogP contribution < -0.4 is 0 Å². The number of rotatable bonds is 9. The van der Waals surface area contributed by atoms with Crippen LogP contribution in [-0.4, -0.2) is 35.8 Å². The zero-order valence-electron chi connectivity index (χ0n) is 17.3. The highest BCUT2D eigenvalue weighted by Gasteiger charge is 2.40. The van der Waals surface area contributed by atoms with Crippen molar-refractivity contribution in [2.75, 3.05) is 12.4 Å². The first kappa shape index (κ1) is 21.6. The maximum Gasteiger partial charge on any atom is 0.338 e. The largest absolute Gasteiger partial charge is 0.455 e. The van der Waals surface area contributed by atoms with Crippen LogP contribution in [0.4, 0.5) is 0 Å². The first-order valence-corrected chi connectivity index (χ1v) is 11.5. The van der Waals surface area contributed by atoms with Gasteiger partial charge >= 0.3 is 5.97 Å². The van der Waals surface area contributed by atoms with E-state index in [9.17, 15) is 4.79 Å². The van der Waals surface area contributed by atoms with Gasteiger partial charge in [-0.1, -0.05) is 78.9 Å². The molecule has 1 aliphatic heterocycles. The maximum absolute atomic E-state index is 12.6. The second-order valence-electron chi connectivity index (χ2n) is 7.44. The van der Waals surface area contributed by atoms with Crippen molar-refractivity contribution in [1.82, 2.24) is 0 Å². The number of benzene rings is 3. The van der Waals surface area contributed by atoms with Crippen LogP contribution in [0.5, 0.6) is 0 Å². The van der Waals surface area contributed by atoms with Crippen LogP contribution in [0.1, 0.15) is 21.5 Å². The highest BCUT2D eigenvalue weighted by molar-refractivity contribution is 8.00. The molecule has 3 atom stereocenters. The second kappa shape index (κ2) is 11.1. The van der Waals surface area contributed by atoms with E-state index in [1.54, 1.807) is 23.9 Å². The van der Waals surface area contributed by atoms with E-state index in [0.717, 1.165) is 11.1 Å². The fourth-order valence-corrected chi connectivity index (χ4v) is 4.85. The lowest BCUT2D eigenvalue weighted by Gasteiger charge is -2.24. The lowest BCUT2D eigenvalue weighted by atomic mass is 10.1. The van der Waals surface area contributed by atoms with E-state index in [2.05, 4.69) is 12.1 Å². The lowest BCUT2D eigenvalue weighted by molar-refractivity contribution is -0.0546. The smallest absolute Gasteiger partial charge is 0.338 e. The van der Waals surface area contributed by atoms with Crippen LogP contribution >= 0.6 is 11.8 Å². The van der Waals surface area contributed by atoms with Crippen LogP contribution in [0.15, 0.2) is 91.0 Å². The van der Waals surface area contributed by atoms with Gasteiger partial charge in [-0.25, -0.2) is 4.79 Å². The highest BCUT2D eigenvalue weighted by atomic mass is 32.2. The van der Waals surface area contributed by atoms with E-state index in [1.165, 1.54) is 0 Å². The summed E-state index contributed by atoms with van der Waals surface area (Å²) in [6, 6.07) is 29.3. The van der Waals surface area contributed by atoms with Gasteiger partial charge in [0.1, 0.15) is 12.2 Å². The molecule has 1 fully saturated rings. The standard InChI is InChI=1S/C26H26O4S/c27-26(22-14-8-3-9-15-22)30-23-19-31-24(18-28-16-20-10-4-1-5-11-20)25(23)29-17-21-12-6-2-7-13-21/h1-15,23-25H,16-19H2/t23-,24+,25-/m1/s1. The Balaban J connectivity index is 1.39. The van der Waals surface area contributed by atoms with Crippen LogP contribution in [0.3, 0.4) is 0 Å². The van der Waals surface area contributed by atoms with Crippen molar-refractivity contribution in [2.24, 2.45) is 0 Å². The molecule has 0 spiro atoms. The summed E-state index contributed by atoms with van der Waals surface area (Å²) < 4.78 is 18.1. The Kier molecular flexibility index (Phi) is 7.77. The molecule has 4 rings (SSSR count). The average molecular weight is 435 g/mol. The maximum atomic E-state index is 12.6. The predicted octanol–water partition coefficient (Wildman–Crippen LogP) is 5.13. The third-order valence-corrected chi connectivity index (χ3v) is 6.51. The number of carbonyl (C=O) groups is 1. The van der Waals surface area contributed by atoms with E-state index >= 15 is 0 Å². The summed E-state index contributed by atoms with van der Waals surface area (Å²) in [4.78, 5) is 12.6. The van der Waals surface area contributed by atoms with Crippen molar-refractivity contribution in [2.45, 2.75) is 30.7 Å². The normalized spacial score (nSPS) is 20.5. The third-order valence-electron chi connectivity index (χ3n) is 5.15. The molecular weight excluding hydrogens is 408 g/mol. The van der Waals surface area contributed by atoms with Gasteiger partial charge in [0.2, 0.25) is 0 Å². The first-order valence-electron chi connectivity index (χ1n) is 10.4. The lowest BCUT2D eigenvalue weighted by Crippen LogP contribution is -2.38. The molecule has 0 amide bonds. The van der Waals surface area contributed by atoms with Gasteiger partial charge in [0.25, 0.3) is 0 Å². The van der Waals surface area contributed by atoms with E-state index < -0.39 is 0 Å². The zero-order valence-corrected chi connectivity index (χ0v) is 18.1. The van der Waals surface area contributed by atoms with Crippen LogP contribution in [0, 0.1) is 0 Å². The van der Waals surface area contributed by atoms with E-state index in [1.807, 2.05) is 66.7 Å². The molecule has 3 aromatic carbocycles. The number of carbonyl (C=O) groups excluding carboxylic acids is 1. The Morgan fingerprint density at radius 1 is 0.806 bits per heavy atom. The topological polar surface area (TPSA) is 44.8 Å². The Labute approximate surface area is 187 Å². The molecule has 1 aliphatic rings. The third kappa shape index (κ3) is 6.20. The summed E-state index contributed by atoms with van der Waals surface area (Å²) in [6.45, 7) is 1.57. The molecule has 4 nitrogen and oxygen atoms in total. The summed E-state index contributed by atoms with van der Waals surface area (Å²) in [5.41, 5.74) is 2.79. The molecule has 31 heavy (non-hydrogen) atoms.